The van der Waals surface area contributed by atoms with Crippen molar-refractivity contribution >= 4 is 40.8 Å². The number of hydrogen-bond acceptors (Lipinski definition) is 15. The van der Waals surface area contributed by atoms with Gasteiger partial charge in [0.2, 0.25) is 0 Å². The Bertz CT molecular complexity index is 776. The van der Waals surface area contributed by atoms with E-state index in [2.05, 4.69) is 9.53 Å². The van der Waals surface area contributed by atoms with E-state index >= 15 is 0 Å². The summed E-state index contributed by atoms with van der Waals surface area (Å²) in [6.45, 7) is 0. The van der Waals surface area contributed by atoms with Gasteiger partial charge < -0.3 is 0 Å². The van der Waals surface area contributed by atoms with Gasteiger partial charge in [-0.2, -0.15) is 0 Å². The molecule has 0 rings (SSSR count). The Morgan fingerprint density at radius 3 is 0.607 bits per heavy atom. The van der Waals surface area contributed by atoms with E-state index in [-0.39, 0.29) is 17.4 Å². The first-order valence-electron chi connectivity index (χ1n) is 4.30. The van der Waals surface area contributed by atoms with Crippen LogP contribution in [0.2, 0.25) is 0 Å². The average Bonchev–Trinajstić information content (AvgIpc) is 1.96. The molecule has 0 heterocycles. The van der Waals surface area contributed by atoms with Crippen LogP contribution < -0.4 is 11.3 Å². The van der Waals surface area contributed by atoms with Gasteiger partial charge in [0.1, 0.15) is 0 Å². The van der Waals surface area contributed by atoms with E-state index in [9.17, 15) is 45.4 Å². The van der Waals surface area contributed by atoms with Gasteiger partial charge in [-0.25, -0.2) is 0 Å². The Morgan fingerprint density at radius 2 is 0.607 bits per heavy atom. The molecule has 0 fully saturated rings. The zero-order valence-electron chi connectivity index (χ0n) is 12.0. The van der Waals surface area contributed by atoms with E-state index in [0.717, 1.165) is 0 Å². The van der Waals surface area contributed by atoms with Gasteiger partial charge in [0.15, 0.2) is 0 Å². The third-order valence-corrected chi connectivity index (χ3v) is 10.0. The number of rotatable bonds is 6. The second kappa shape index (κ2) is 13.2. The summed E-state index contributed by atoms with van der Waals surface area (Å²) in [5.41, 5.74) is 0. The maximum Gasteiger partial charge on any atom is 3.00 e. The Labute approximate surface area is 174 Å². The molecule has 0 aromatic heterocycles. The van der Waals surface area contributed by atoms with Crippen molar-refractivity contribution in [1.82, 2.24) is 0 Å². The van der Waals surface area contributed by atoms with Crippen molar-refractivity contribution in [2.45, 2.75) is 0 Å². The minimum absolute atomic E-state index is 0. The molecule has 0 aromatic carbocycles. The van der Waals surface area contributed by atoms with E-state index in [1.54, 1.807) is 0 Å². The van der Waals surface area contributed by atoms with Crippen LogP contribution >= 0.6 is 23.5 Å². The molecule has 168 valence electrons. The standard InChI is InChI=1S/Al.3Mo.3H3O4P.9O/c;;;;3*1-5(2,3)4;;;;;;;;;/h;;;;3*(H3,1,2,3,4);;;;;;;;;/q+3;3*+1;;;;;;;;;;3*-1/p-3. The Kier molecular flexibility index (Phi) is 17.4. The number of phosphoric acid groups is 3. The number of hydrogen-bond donors (Lipinski definition) is 6. The molecule has 0 spiro atoms. The second-order valence-corrected chi connectivity index (χ2v) is 15.6. The van der Waals surface area contributed by atoms with Gasteiger partial charge in [-0.1, -0.05) is 0 Å². The zero-order valence-corrected chi connectivity index (χ0v) is 21.8. The van der Waals surface area contributed by atoms with E-state index in [1.165, 1.54) is 0 Å². The van der Waals surface area contributed by atoms with E-state index in [0.29, 0.717) is 0 Å². The molecule has 0 amide bonds. The summed E-state index contributed by atoms with van der Waals surface area (Å²) in [5, 5.41) is 0. The quantitative estimate of drug-likeness (QED) is 0.109. The van der Waals surface area contributed by atoms with Crippen LogP contribution in [0, 0.1) is 0 Å². The van der Waals surface area contributed by atoms with Crippen molar-refractivity contribution in [2.24, 2.45) is 0 Å². The van der Waals surface area contributed by atoms with Crippen LogP contribution in [0.1, 0.15) is 0 Å². The summed E-state index contributed by atoms with van der Waals surface area (Å²) >= 11 is -18.8. The monoisotopic (exact) mass is 756 g/mol. The fourth-order valence-corrected chi connectivity index (χ4v) is 6.33. The Morgan fingerprint density at radius 1 is 0.500 bits per heavy atom. The van der Waals surface area contributed by atoms with Gasteiger partial charge in [0.25, 0.3) is 0 Å². The van der Waals surface area contributed by atoms with Gasteiger partial charge in [-0.15, -0.1) is 0 Å². The predicted octanol–water partition coefficient (Wildman–Crippen LogP) is -5.99. The minimum atomic E-state index is -6.28. The van der Waals surface area contributed by atoms with Crippen molar-refractivity contribution in [3.63, 3.8) is 0 Å². The van der Waals surface area contributed by atoms with Gasteiger partial charge in [-0.05, 0) is 0 Å². The van der Waals surface area contributed by atoms with Gasteiger partial charge in [0.05, 0.1) is 0 Å². The van der Waals surface area contributed by atoms with Crippen LogP contribution in [0.5, 0.6) is 0 Å². The molecule has 0 radical (unpaired) electrons. The van der Waals surface area contributed by atoms with E-state index in [4.69, 9.17) is 29.4 Å². The summed E-state index contributed by atoms with van der Waals surface area (Å²) in [4.78, 5) is 46.1. The first-order chi connectivity index (χ1) is 11.1. The molecular formula is H6AlMo3O21P3. The molecule has 0 atom stereocenters. The minimum Gasteiger partial charge on any atom is 3.00 e. The van der Waals surface area contributed by atoms with Crippen molar-refractivity contribution in [3.8, 4) is 0 Å². The second-order valence-electron chi connectivity index (χ2n) is 2.92. The van der Waals surface area contributed by atoms with Gasteiger partial charge in [-0.3, -0.25) is 0 Å². The van der Waals surface area contributed by atoms with Gasteiger partial charge >= 0.3 is 175 Å². The first-order valence-corrected chi connectivity index (χ1v) is 18.7. The van der Waals surface area contributed by atoms with Crippen LogP contribution in [-0.4, -0.2) is 46.7 Å². The maximum absolute atomic E-state index is 9.57. The molecule has 0 bridgehead atoms. The SMILES string of the molecule is O=P(O)(O)[O][Mo](=[O])(=[O])[O-].O=P(O)(O)[O][Mo](=[O])(=[O])[O-].O=P(O)(O)[O][Mo](=[O])(=[O])[O-].[Al+3]. The predicted molar refractivity (Wildman–Crippen MR) is 49.3 cm³/mol. The largest absolute Gasteiger partial charge is 3.00 e. The zero-order chi connectivity index (χ0) is 23.1. The average molecular weight is 750 g/mol. The third kappa shape index (κ3) is 50.8. The van der Waals surface area contributed by atoms with Crippen molar-refractivity contribution in [3.05, 3.63) is 0 Å². The van der Waals surface area contributed by atoms with Crippen LogP contribution in [-0.2, 0) is 93.9 Å². The molecule has 0 aromatic rings. The molecule has 6 N–H and O–H groups in total. The normalized spacial score (nSPS) is 13.2. The molecule has 0 aliphatic heterocycles. The fraction of sp³-hybridized carbons (Fsp3) is 0. The van der Waals surface area contributed by atoms with Crippen LogP contribution in [0.4, 0.5) is 0 Å². The van der Waals surface area contributed by atoms with E-state index in [1.807, 2.05) is 0 Å². The van der Waals surface area contributed by atoms with Crippen LogP contribution in [0.3, 0.4) is 0 Å². The Hall–Kier alpha value is 1.61. The fourth-order valence-electron chi connectivity index (χ4n) is 0.357. The summed E-state index contributed by atoms with van der Waals surface area (Å²) < 4.78 is 122. The smallest absolute Gasteiger partial charge is 3.00 e. The van der Waals surface area contributed by atoms with Crippen LogP contribution in [0.25, 0.3) is 0 Å². The summed E-state index contributed by atoms with van der Waals surface area (Å²) in [6.07, 6.45) is 0. The summed E-state index contributed by atoms with van der Waals surface area (Å²) in [7, 11) is -15.4. The van der Waals surface area contributed by atoms with Crippen molar-refractivity contribution in [2.75, 3.05) is 0 Å². The molecule has 0 aliphatic carbocycles. The molecule has 0 saturated carbocycles. The molecule has 0 aliphatic rings. The molecular weight excluding hydrogens is 744 g/mol. The first kappa shape index (κ1) is 37.0. The maximum atomic E-state index is 9.57. The topological polar surface area (TPSA) is 372 Å². The molecule has 28 heavy (non-hydrogen) atoms. The van der Waals surface area contributed by atoms with E-state index < -0.39 is 73.7 Å². The molecule has 0 saturated heterocycles. The van der Waals surface area contributed by atoms with Crippen molar-refractivity contribution in [1.29, 1.82) is 0 Å². The summed E-state index contributed by atoms with van der Waals surface area (Å²) in [6, 6.07) is 0. The molecule has 28 heteroatoms. The third-order valence-electron chi connectivity index (χ3n) is 0.565. The molecule has 0 unspecified atom stereocenters. The van der Waals surface area contributed by atoms with Crippen molar-refractivity contribution < 1.29 is 134 Å². The Balaban J connectivity index is -0.000000152. The summed E-state index contributed by atoms with van der Waals surface area (Å²) in [5.74, 6) is 0. The molecule has 21 nitrogen and oxygen atoms in total. The van der Waals surface area contributed by atoms with Crippen LogP contribution in [0.15, 0.2) is 0 Å². The van der Waals surface area contributed by atoms with Gasteiger partial charge in [0, 0.05) is 0 Å².